The highest BCUT2D eigenvalue weighted by Gasteiger charge is 2.24. The molecule has 0 spiro atoms. The Labute approximate surface area is 126 Å². The Balaban J connectivity index is 1.67. The summed E-state index contributed by atoms with van der Waals surface area (Å²) in [5, 5.41) is 13.6. The third-order valence-corrected chi connectivity index (χ3v) is 4.46. The van der Waals surface area contributed by atoms with Crippen LogP contribution in [-0.4, -0.2) is 39.0 Å². The summed E-state index contributed by atoms with van der Waals surface area (Å²) in [5.41, 5.74) is 2.40. The second kappa shape index (κ2) is 6.41. The van der Waals surface area contributed by atoms with E-state index in [-0.39, 0.29) is 0 Å². The molecule has 1 aliphatic rings. The van der Waals surface area contributed by atoms with Gasteiger partial charge in [-0.2, -0.15) is 5.10 Å². The Morgan fingerprint density at radius 2 is 2.05 bits per heavy atom. The minimum absolute atomic E-state index is 0.307. The van der Waals surface area contributed by atoms with E-state index in [9.17, 15) is 5.11 Å². The molecule has 4 nitrogen and oxygen atoms in total. The van der Waals surface area contributed by atoms with Crippen molar-refractivity contribution in [2.45, 2.75) is 32.4 Å². The molecule has 3 rings (SSSR count). The smallest absolute Gasteiger partial charge is 0.0645 e. The zero-order chi connectivity index (χ0) is 14.7. The molecular formula is C17H23N3O. The first-order valence-electron chi connectivity index (χ1n) is 7.70. The van der Waals surface area contributed by atoms with E-state index in [2.05, 4.69) is 41.2 Å². The largest absolute Gasteiger partial charge is 0.396 e. The highest BCUT2D eigenvalue weighted by atomic mass is 16.3. The van der Waals surface area contributed by atoms with Crippen LogP contribution >= 0.6 is 0 Å². The maximum atomic E-state index is 9.37. The van der Waals surface area contributed by atoms with E-state index >= 15 is 0 Å². The number of hydrogen-bond donors (Lipinski definition) is 1. The van der Waals surface area contributed by atoms with Gasteiger partial charge in [0.15, 0.2) is 0 Å². The van der Waals surface area contributed by atoms with Gasteiger partial charge in [-0.1, -0.05) is 12.1 Å². The van der Waals surface area contributed by atoms with Crippen molar-refractivity contribution in [2.75, 3.05) is 13.2 Å². The second-order valence-corrected chi connectivity index (χ2v) is 6.02. The summed E-state index contributed by atoms with van der Waals surface area (Å²) in [6, 6.07) is 11.1. The van der Waals surface area contributed by atoms with Crippen LogP contribution in [0.15, 0.2) is 42.7 Å². The fourth-order valence-electron chi connectivity index (χ4n) is 3.04. The van der Waals surface area contributed by atoms with Crippen molar-refractivity contribution in [1.29, 1.82) is 0 Å². The lowest BCUT2D eigenvalue weighted by Gasteiger charge is -2.37. The van der Waals surface area contributed by atoms with Gasteiger partial charge in [-0.25, -0.2) is 4.68 Å². The first kappa shape index (κ1) is 14.3. The van der Waals surface area contributed by atoms with Crippen molar-refractivity contribution in [1.82, 2.24) is 14.7 Å². The van der Waals surface area contributed by atoms with Crippen LogP contribution in [0.3, 0.4) is 0 Å². The van der Waals surface area contributed by atoms with E-state index in [0.29, 0.717) is 18.6 Å². The van der Waals surface area contributed by atoms with E-state index in [1.165, 1.54) is 12.0 Å². The molecule has 112 valence electrons. The van der Waals surface area contributed by atoms with Crippen molar-refractivity contribution in [3.63, 3.8) is 0 Å². The molecule has 1 aromatic heterocycles. The Bertz CT molecular complexity index is 550. The van der Waals surface area contributed by atoms with Crippen molar-refractivity contribution >= 4 is 0 Å². The van der Waals surface area contributed by atoms with Gasteiger partial charge in [-0.15, -0.1) is 0 Å². The molecule has 21 heavy (non-hydrogen) atoms. The topological polar surface area (TPSA) is 41.3 Å². The molecule has 1 aliphatic heterocycles. The average molecular weight is 285 g/mol. The molecule has 2 heterocycles. The summed E-state index contributed by atoms with van der Waals surface area (Å²) in [6.45, 7) is 4.54. The Morgan fingerprint density at radius 3 is 2.71 bits per heavy atom. The van der Waals surface area contributed by atoms with E-state index in [1.54, 1.807) is 6.20 Å². The molecule has 0 aliphatic carbocycles. The van der Waals surface area contributed by atoms with Crippen LogP contribution in [0.25, 0.3) is 5.69 Å². The van der Waals surface area contributed by atoms with E-state index < -0.39 is 0 Å². The SMILES string of the molecule is CC1CCC(CO)CN1Cc1ccc(-n2cccn2)cc1. The van der Waals surface area contributed by atoms with E-state index in [0.717, 1.165) is 25.2 Å². The number of aromatic nitrogens is 2. The van der Waals surface area contributed by atoms with Crippen LogP contribution < -0.4 is 0 Å². The van der Waals surface area contributed by atoms with E-state index in [4.69, 9.17) is 0 Å². The molecule has 2 unspecified atom stereocenters. The molecule has 0 bridgehead atoms. The molecule has 1 fully saturated rings. The second-order valence-electron chi connectivity index (χ2n) is 6.02. The summed E-state index contributed by atoms with van der Waals surface area (Å²) < 4.78 is 1.87. The number of aliphatic hydroxyl groups excluding tert-OH is 1. The molecule has 1 saturated heterocycles. The highest BCUT2D eigenvalue weighted by Crippen LogP contribution is 2.23. The molecule has 4 heteroatoms. The predicted molar refractivity (Wildman–Crippen MR) is 83.2 cm³/mol. The van der Waals surface area contributed by atoms with Gasteiger partial charge in [0.2, 0.25) is 0 Å². The first-order chi connectivity index (χ1) is 10.3. The fourth-order valence-corrected chi connectivity index (χ4v) is 3.04. The summed E-state index contributed by atoms with van der Waals surface area (Å²) in [4.78, 5) is 2.48. The normalized spacial score (nSPS) is 23.3. The molecule has 1 aromatic carbocycles. The van der Waals surface area contributed by atoms with Gasteiger partial charge in [0.1, 0.15) is 0 Å². The third-order valence-electron chi connectivity index (χ3n) is 4.46. The molecule has 0 saturated carbocycles. The van der Waals surface area contributed by atoms with Crippen molar-refractivity contribution in [3.05, 3.63) is 48.3 Å². The lowest BCUT2D eigenvalue weighted by molar-refractivity contribution is 0.0771. The molecule has 2 aromatic rings. The average Bonchev–Trinajstić information content (AvgIpc) is 3.04. The van der Waals surface area contributed by atoms with Crippen LogP contribution in [0.2, 0.25) is 0 Å². The Hall–Kier alpha value is -1.65. The lowest BCUT2D eigenvalue weighted by Crippen LogP contribution is -2.42. The molecule has 0 amide bonds. The van der Waals surface area contributed by atoms with Gasteiger partial charge in [0.25, 0.3) is 0 Å². The summed E-state index contributed by atoms with van der Waals surface area (Å²) >= 11 is 0. The molecule has 0 radical (unpaired) electrons. The van der Waals surface area contributed by atoms with Gasteiger partial charge in [0.05, 0.1) is 5.69 Å². The van der Waals surface area contributed by atoms with Crippen LogP contribution in [-0.2, 0) is 6.54 Å². The predicted octanol–water partition coefficient (Wildman–Crippen LogP) is 2.47. The molecule has 2 atom stereocenters. The summed E-state index contributed by atoms with van der Waals surface area (Å²) in [7, 11) is 0. The fraction of sp³-hybridized carbons (Fsp3) is 0.471. The number of piperidine rings is 1. The lowest BCUT2D eigenvalue weighted by atomic mass is 9.93. The minimum atomic E-state index is 0.307. The van der Waals surface area contributed by atoms with Crippen LogP contribution in [0, 0.1) is 5.92 Å². The Morgan fingerprint density at radius 1 is 1.24 bits per heavy atom. The van der Waals surface area contributed by atoms with Crippen LogP contribution in [0.5, 0.6) is 0 Å². The number of nitrogens with zero attached hydrogens (tertiary/aromatic N) is 3. The van der Waals surface area contributed by atoms with Crippen LogP contribution in [0.4, 0.5) is 0 Å². The minimum Gasteiger partial charge on any atom is -0.396 e. The van der Waals surface area contributed by atoms with Gasteiger partial charge >= 0.3 is 0 Å². The maximum Gasteiger partial charge on any atom is 0.0645 e. The quantitative estimate of drug-likeness (QED) is 0.938. The number of aliphatic hydroxyl groups is 1. The van der Waals surface area contributed by atoms with E-state index in [1.807, 2.05) is 16.9 Å². The standard InChI is InChI=1S/C17H23N3O/c1-14-3-4-16(13-21)12-19(14)11-15-5-7-17(8-6-15)20-10-2-9-18-20/h2,5-10,14,16,21H,3-4,11-13H2,1H3. The monoisotopic (exact) mass is 285 g/mol. The number of rotatable bonds is 4. The molecule has 1 N–H and O–H groups in total. The van der Waals surface area contributed by atoms with Gasteiger partial charge < -0.3 is 5.11 Å². The number of benzene rings is 1. The van der Waals surface area contributed by atoms with Gasteiger partial charge in [-0.05, 0) is 49.4 Å². The van der Waals surface area contributed by atoms with Crippen molar-refractivity contribution in [2.24, 2.45) is 5.92 Å². The Kier molecular flexibility index (Phi) is 4.36. The van der Waals surface area contributed by atoms with Gasteiger partial charge in [-0.3, -0.25) is 4.90 Å². The molecular weight excluding hydrogens is 262 g/mol. The summed E-state index contributed by atoms with van der Waals surface area (Å²) in [6.07, 6.45) is 6.06. The van der Waals surface area contributed by atoms with Crippen molar-refractivity contribution in [3.8, 4) is 5.69 Å². The first-order valence-corrected chi connectivity index (χ1v) is 7.70. The zero-order valence-electron chi connectivity index (χ0n) is 12.5. The van der Waals surface area contributed by atoms with Crippen LogP contribution in [0.1, 0.15) is 25.3 Å². The zero-order valence-corrected chi connectivity index (χ0v) is 12.5. The number of hydrogen-bond acceptors (Lipinski definition) is 3. The summed E-state index contributed by atoms with van der Waals surface area (Å²) in [5.74, 6) is 0.435. The van der Waals surface area contributed by atoms with Crippen molar-refractivity contribution < 1.29 is 5.11 Å². The third kappa shape index (κ3) is 3.34. The highest BCUT2D eigenvalue weighted by molar-refractivity contribution is 5.33. The van der Waals surface area contributed by atoms with Gasteiger partial charge in [0, 0.05) is 38.1 Å². The maximum absolute atomic E-state index is 9.37. The number of likely N-dealkylation sites (tertiary alicyclic amines) is 1.